The van der Waals surface area contributed by atoms with Crippen LogP contribution in [0.4, 0.5) is 5.13 Å². The SMILES string of the molecule is Cc1nc(N(C)C2CCOC2C)sc1C(C)O. The van der Waals surface area contributed by atoms with E-state index in [1.807, 2.05) is 6.92 Å². The summed E-state index contributed by atoms with van der Waals surface area (Å²) in [6.45, 7) is 6.66. The lowest BCUT2D eigenvalue weighted by Crippen LogP contribution is -2.36. The second-order valence-corrected chi connectivity index (χ2v) is 5.67. The molecule has 0 spiro atoms. The summed E-state index contributed by atoms with van der Waals surface area (Å²) in [6.07, 6.45) is 0.853. The molecule has 5 heteroatoms. The van der Waals surface area contributed by atoms with Gasteiger partial charge in [-0.15, -0.1) is 0 Å². The Labute approximate surface area is 106 Å². The third-order valence-corrected chi connectivity index (χ3v) is 4.75. The van der Waals surface area contributed by atoms with Gasteiger partial charge in [-0.2, -0.15) is 0 Å². The maximum Gasteiger partial charge on any atom is 0.185 e. The fourth-order valence-electron chi connectivity index (χ4n) is 2.30. The molecule has 0 radical (unpaired) electrons. The highest BCUT2D eigenvalue weighted by Crippen LogP contribution is 2.33. The molecule has 0 saturated carbocycles. The van der Waals surface area contributed by atoms with Crippen molar-refractivity contribution < 1.29 is 9.84 Å². The molecule has 1 aliphatic rings. The highest BCUT2D eigenvalue weighted by Gasteiger charge is 2.30. The highest BCUT2D eigenvalue weighted by molar-refractivity contribution is 7.15. The molecule has 0 aromatic carbocycles. The minimum absolute atomic E-state index is 0.249. The van der Waals surface area contributed by atoms with Crippen LogP contribution in [0.3, 0.4) is 0 Å². The highest BCUT2D eigenvalue weighted by atomic mass is 32.1. The van der Waals surface area contributed by atoms with E-state index >= 15 is 0 Å². The minimum Gasteiger partial charge on any atom is -0.388 e. The predicted molar refractivity (Wildman–Crippen MR) is 69.7 cm³/mol. The van der Waals surface area contributed by atoms with Gasteiger partial charge in [0.2, 0.25) is 0 Å². The van der Waals surface area contributed by atoms with Crippen molar-refractivity contribution in [3.8, 4) is 0 Å². The lowest BCUT2D eigenvalue weighted by atomic mass is 10.1. The van der Waals surface area contributed by atoms with Crippen molar-refractivity contribution in [3.05, 3.63) is 10.6 Å². The van der Waals surface area contributed by atoms with E-state index in [0.717, 1.165) is 28.7 Å². The van der Waals surface area contributed by atoms with Gasteiger partial charge in [0, 0.05) is 13.7 Å². The van der Waals surface area contributed by atoms with E-state index < -0.39 is 6.10 Å². The summed E-state index contributed by atoms with van der Waals surface area (Å²) in [5, 5.41) is 10.6. The van der Waals surface area contributed by atoms with Crippen molar-refractivity contribution in [2.75, 3.05) is 18.6 Å². The van der Waals surface area contributed by atoms with Crippen LogP contribution >= 0.6 is 11.3 Å². The van der Waals surface area contributed by atoms with Crippen LogP contribution in [0.15, 0.2) is 0 Å². The van der Waals surface area contributed by atoms with Gasteiger partial charge < -0.3 is 14.7 Å². The number of aryl methyl sites for hydroxylation is 1. The smallest absolute Gasteiger partial charge is 0.185 e. The molecule has 1 aromatic heterocycles. The van der Waals surface area contributed by atoms with Gasteiger partial charge in [-0.1, -0.05) is 11.3 Å². The number of ether oxygens (including phenoxy) is 1. The van der Waals surface area contributed by atoms with Crippen LogP contribution in [0.5, 0.6) is 0 Å². The molecule has 1 N–H and O–H groups in total. The predicted octanol–water partition coefficient (Wildman–Crippen LogP) is 2.12. The number of hydrogen-bond acceptors (Lipinski definition) is 5. The molecule has 1 fully saturated rings. The van der Waals surface area contributed by atoms with Gasteiger partial charge in [0.1, 0.15) is 0 Å². The van der Waals surface area contributed by atoms with Gasteiger partial charge >= 0.3 is 0 Å². The Kier molecular flexibility index (Phi) is 3.70. The molecule has 3 atom stereocenters. The van der Waals surface area contributed by atoms with Crippen LogP contribution in [-0.2, 0) is 4.74 Å². The number of nitrogens with zero attached hydrogens (tertiary/aromatic N) is 2. The largest absolute Gasteiger partial charge is 0.388 e. The fraction of sp³-hybridized carbons (Fsp3) is 0.750. The van der Waals surface area contributed by atoms with Crippen molar-refractivity contribution in [2.45, 2.75) is 45.4 Å². The first-order valence-electron chi connectivity index (χ1n) is 6.00. The Balaban J connectivity index is 2.19. The van der Waals surface area contributed by atoms with E-state index in [1.165, 1.54) is 0 Å². The summed E-state index contributed by atoms with van der Waals surface area (Å²) in [5.74, 6) is 0. The molecule has 2 rings (SSSR count). The van der Waals surface area contributed by atoms with Gasteiger partial charge in [-0.3, -0.25) is 0 Å². The number of thiazole rings is 1. The van der Waals surface area contributed by atoms with Crippen LogP contribution in [0.25, 0.3) is 0 Å². The molecule has 0 aliphatic carbocycles. The monoisotopic (exact) mass is 256 g/mol. The molecular formula is C12H20N2O2S. The van der Waals surface area contributed by atoms with Gasteiger partial charge in [0.15, 0.2) is 5.13 Å². The van der Waals surface area contributed by atoms with Crippen LogP contribution < -0.4 is 4.90 Å². The molecule has 2 heterocycles. The molecule has 1 aliphatic heterocycles. The molecule has 3 unspecified atom stereocenters. The summed E-state index contributed by atoms with van der Waals surface area (Å²) in [7, 11) is 2.06. The number of hydrogen-bond donors (Lipinski definition) is 1. The van der Waals surface area contributed by atoms with Crippen molar-refractivity contribution in [2.24, 2.45) is 0 Å². The van der Waals surface area contributed by atoms with E-state index in [4.69, 9.17) is 4.74 Å². The van der Waals surface area contributed by atoms with Crippen molar-refractivity contribution in [1.29, 1.82) is 0 Å². The third kappa shape index (κ3) is 2.46. The van der Waals surface area contributed by atoms with Gasteiger partial charge in [-0.25, -0.2) is 4.98 Å². The van der Waals surface area contributed by atoms with Crippen LogP contribution in [-0.4, -0.2) is 35.9 Å². The van der Waals surface area contributed by atoms with E-state index in [-0.39, 0.29) is 6.10 Å². The van der Waals surface area contributed by atoms with Crippen molar-refractivity contribution in [3.63, 3.8) is 0 Å². The summed E-state index contributed by atoms with van der Waals surface area (Å²) >= 11 is 1.57. The summed E-state index contributed by atoms with van der Waals surface area (Å²) in [5.41, 5.74) is 0.929. The Morgan fingerprint density at radius 1 is 1.59 bits per heavy atom. The minimum atomic E-state index is -0.438. The first-order chi connectivity index (χ1) is 8.00. The zero-order valence-corrected chi connectivity index (χ0v) is 11.6. The lowest BCUT2D eigenvalue weighted by molar-refractivity contribution is 0.118. The third-order valence-electron chi connectivity index (χ3n) is 3.34. The molecule has 1 aromatic rings. The zero-order chi connectivity index (χ0) is 12.6. The van der Waals surface area contributed by atoms with Gasteiger partial charge in [-0.05, 0) is 27.2 Å². The molecule has 17 heavy (non-hydrogen) atoms. The van der Waals surface area contributed by atoms with Crippen molar-refractivity contribution in [1.82, 2.24) is 4.98 Å². The molecule has 1 saturated heterocycles. The first-order valence-corrected chi connectivity index (χ1v) is 6.82. The van der Waals surface area contributed by atoms with E-state index in [1.54, 1.807) is 18.3 Å². The normalized spacial score (nSPS) is 26.2. The second-order valence-electron chi connectivity index (χ2n) is 4.66. The number of aliphatic hydroxyl groups excluding tert-OH is 1. The summed E-state index contributed by atoms with van der Waals surface area (Å²) in [6, 6.07) is 0.391. The van der Waals surface area contributed by atoms with Crippen LogP contribution in [0.1, 0.15) is 36.9 Å². The van der Waals surface area contributed by atoms with E-state index in [2.05, 4.69) is 23.9 Å². The fourth-order valence-corrected chi connectivity index (χ4v) is 3.33. The number of anilines is 1. The number of likely N-dealkylation sites (N-methyl/N-ethyl adjacent to an activating group) is 1. The molecule has 0 bridgehead atoms. The van der Waals surface area contributed by atoms with Crippen LogP contribution in [0.2, 0.25) is 0 Å². The molecule has 4 nitrogen and oxygen atoms in total. The van der Waals surface area contributed by atoms with Crippen LogP contribution in [0, 0.1) is 6.92 Å². The van der Waals surface area contributed by atoms with Crippen molar-refractivity contribution >= 4 is 16.5 Å². The lowest BCUT2D eigenvalue weighted by Gasteiger charge is -2.26. The summed E-state index contributed by atoms with van der Waals surface area (Å²) in [4.78, 5) is 7.68. The standard InChI is InChI=1S/C12H20N2O2S/c1-7-11(8(2)15)17-12(13-7)14(4)10-5-6-16-9(10)3/h8-10,15H,5-6H2,1-4H3. The number of aliphatic hydroxyl groups is 1. The topological polar surface area (TPSA) is 45.6 Å². The Hall–Kier alpha value is -0.650. The average molecular weight is 256 g/mol. The molecule has 0 amide bonds. The molecule has 96 valence electrons. The Morgan fingerprint density at radius 3 is 2.76 bits per heavy atom. The second kappa shape index (κ2) is 4.92. The maximum absolute atomic E-state index is 9.64. The zero-order valence-electron chi connectivity index (χ0n) is 10.8. The number of rotatable bonds is 3. The summed E-state index contributed by atoms with van der Waals surface area (Å²) < 4.78 is 5.58. The van der Waals surface area contributed by atoms with E-state index in [0.29, 0.717) is 6.04 Å². The van der Waals surface area contributed by atoms with Gasteiger partial charge in [0.25, 0.3) is 0 Å². The first kappa shape index (κ1) is 12.8. The molecular weight excluding hydrogens is 236 g/mol. The quantitative estimate of drug-likeness (QED) is 0.900. The Morgan fingerprint density at radius 2 is 2.29 bits per heavy atom. The van der Waals surface area contributed by atoms with E-state index in [9.17, 15) is 5.11 Å². The maximum atomic E-state index is 9.64. The average Bonchev–Trinajstić information content (AvgIpc) is 2.83. The van der Waals surface area contributed by atoms with Gasteiger partial charge in [0.05, 0.1) is 28.8 Å². The Bertz CT molecular complexity index is 392. The number of aromatic nitrogens is 1.